The zero-order chi connectivity index (χ0) is 22.1. The molecule has 0 bridgehead atoms. The third-order valence-electron chi connectivity index (χ3n) is 4.09. The molecule has 29 heavy (non-hydrogen) atoms. The number of carbonyl (C=O) groups excluding carboxylic acids is 1. The molecule has 2 aromatic rings. The molecule has 2 rings (SSSR count). The van der Waals surface area contributed by atoms with Crippen LogP contribution in [-0.4, -0.2) is 26.6 Å². The zero-order valence-electron chi connectivity index (χ0n) is 16.1. The molecule has 0 radical (unpaired) electrons. The summed E-state index contributed by atoms with van der Waals surface area (Å²) in [7, 11) is -4.08. The van der Waals surface area contributed by atoms with Crippen molar-refractivity contribution in [3.8, 4) is 0 Å². The van der Waals surface area contributed by atoms with Crippen molar-refractivity contribution in [2.24, 2.45) is 0 Å². The molecule has 0 aromatic heterocycles. The lowest BCUT2D eigenvalue weighted by Gasteiger charge is -2.29. The number of amides is 1. The third-order valence-corrected chi connectivity index (χ3v) is 5.66. The number of anilines is 2. The maximum Gasteiger partial charge on any atom is 0.417 e. The highest BCUT2D eigenvalue weighted by Gasteiger charge is 2.36. The van der Waals surface area contributed by atoms with Crippen molar-refractivity contribution in [2.45, 2.75) is 33.0 Å². The molecule has 1 N–H and O–H groups in total. The number of hydrogen-bond donors (Lipinski definition) is 1. The number of halogens is 4. The fourth-order valence-electron chi connectivity index (χ4n) is 2.97. The molecular weight excluding hydrogens is 429 g/mol. The van der Waals surface area contributed by atoms with Gasteiger partial charge in [-0.2, -0.15) is 13.2 Å². The molecule has 0 unspecified atom stereocenters. The monoisotopic (exact) mass is 448 g/mol. The van der Waals surface area contributed by atoms with Gasteiger partial charge in [0.05, 0.1) is 22.5 Å². The Bertz CT molecular complexity index is 1020. The number of sulfonamides is 1. The van der Waals surface area contributed by atoms with Crippen LogP contribution < -0.4 is 9.62 Å². The zero-order valence-corrected chi connectivity index (χ0v) is 17.7. The molecule has 0 saturated heterocycles. The van der Waals surface area contributed by atoms with Gasteiger partial charge in [0.25, 0.3) is 0 Å². The molecule has 158 valence electrons. The van der Waals surface area contributed by atoms with Crippen molar-refractivity contribution in [1.82, 2.24) is 0 Å². The van der Waals surface area contributed by atoms with Gasteiger partial charge in [-0.25, -0.2) is 8.42 Å². The molecule has 0 aliphatic rings. The first-order valence-corrected chi connectivity index (χ1v) is 10.7. The van der Waals surface area contributed by atoms with Gasteiger partial charge in [-0.05, 0) is 62.2 Å². The second-order valence-corrected chi connectivity index (χ2v) is 9.03. The van der Waals surface area contributed by atoms with Crippen LogP contribution in [0.4, 0.5) is 24.5 Å². The molecule has 10 heteroatoms. The summed E-state index contributed by atoms with van der Waals surface area (Å²) < 4.78 is 64.8. The first-order chi connectivity index (χ1) is 13.2. The van der Waals surface area contributed by atoms with Gasteiger partial charge in [-0.1, -0.05) is 17.7 Å². The fraction of sp³-hybridized carbons (Fsp3) is 0.316. The maximum absolute atomic E-state index is 13.2. The second kappa shape index (κ2) is 8.23. The van der Waals surface area contributed by atoms with E-state index in [9.17, 15) is 26.4 Å². The number of hydrogen-bond acceptors (Lipinski definition) is 3. The predicted octanol–water partition coefficient (Wildman–Crippen LogP) is 4.77. The van der Waals surface area contributed by atoms with Gasteiger partial charge < -0.3 is 5.32 Å². The van der Waals surface area contributed by atoms with Crippen molar-refractivity contribution >= 4 is 38.9 Å². The van der Waals surface area contributed by atoms with E-state index in [0.717, 1.165) is 29.5 Å². The summed E-state index contributed by atoms with van der Waals surface area (Å²) in [5, 5.41) is 2.04. The Balaban J connectivity index is 2.44. The Morgan fingerprint density at radius 1 is 1.10 bits per heavy atom. The molecule has 0 spiro atoms. The molecular formula is C19H20ClF3N2O3S. The van der Waals surface area contributed by atoms with Gasteiger partial charge in [0.2, 0.25) is 15.9 Å². The van der Waals surface area contributed by atoms with Crippen LogP contribution in [0.2, 0.25) is 5.02 Å². The Hall–Kier alpha value is -2.26. The average molecular weight is 449 g/mol. The molecule has 0 saturated carbocycles. The Morgan fingerprint density at radius 2 is 1.66 bits per heavy atom. The summed E-state index contributed by atoms with van der Waals surface area (Å²) in [4.78, 5) is 12.7. The van der Waals surface area contributed by atoms with Gasteiger partial charge >= 0.3 is 6.18 Å². The lowest BCUT2D eigenvalue weighted by Crippen LogP contribution is -2.45. The van der Waals surface area contributed by atoms with Crippen LogP contribution in [0.3, 0.4) is 0 Å². The van der Waals surface area contributed by atoms with Crippen LogP contribution >= 0.6 is 11.6 Å². The van der Waals surface area contributed by atoms with E-state index in [4.69, 9.17) is 11.6 Å². The van der Waals surface area contributed by atoms with E-state index in [0.29, 0.717) is 16.1 Å². The van der Waals surface area contributed by atoms with E-state index in [-0.39, 0.29) is 5.69 Å². The second-order valence-electron chi connectivity index (χ2n) is 6.76. The van der Waals surface area contributed by atoms with Gasteiger partial charge in [-0.15, -0.1) is 0 Å². The number of benzene rings is 2. The summed E-state index contributed by atoms with van der Waals surface area (Å²) in [6, 6.07) is 6.68. The molecule has 1 atom stereocenters. The number of aryl methyl sites for hydroxylation is 2. The highest BCUT2D eigenvalue weighted by Crippen LogP contribution is 2.37. The molecule has 0 fully saturated rings. The largest absolute Gasteiger partial charge is 0.417 e. The van der Waals surface area contributed by atoms with Crippen molar-refractivity contribution in [3.63, 3.8) is 0 Å². The summed E-state index contributed by atoms with van der Waals surface area (Å²) in [5.74, 6) is -0.691. The minimum Gasteiger partial charge on any atom is -0.324 e. The van der Waals surface area contributed by atoms with Crippen molar-refractivity contribution in [2.75, 3.05) is 15.9 Å². The van der Waals surface area contributed by atoms with Crippen LogP contribution in [0.1, 0.15) is 23.6 Å². The number of carbonyl (C=O) groups is 1. The van der Waals surface area contributed by atoms with Gasteiger partial charge in [0.15, 0.2) is 0 Å². The van der Waals surface area contributed by atoms with E-state index in [1.165, 1.54) is 6.92 Å². The SMILES string of the molecule is Cc1cc(C)cc(NC(=O)[C@@H](C)N(c2ccc(Cl)c(C(F)(F)F)c2)S(C)(=O)=O)c1. The number of nitrogens with one attached hydrogen (secondary N) is 1. The van der Waals surface area contributed by atoms with Gasteiger partial charge in [0, 0.05) is 5.69 Å². The molecule has 1 amide bonds. The molecule has 0 aliphatic carbocycles. The van der Waals surface area contributed by atoms with Crippen molar-refractivity contribution in [1.29, 1.82) is 0 Å². The van der Waals surface area contributed by atoms with Crippen molar-refractivity contribution in [3.05, 3.63) is 58.1 Å². The Kier molecular flexibility index (Phi) is 6.54. The smallest absolute Gasteiger partial charge is 0.324 e. The Morgan fingerprint density at radius 3 is 2.14 bits per heavy atom. The lowest BCUT2D eigenvalue weighted by molar-refractivity contribution is -0.137. The van der Waals surface area contributed by atoms with E-state index < -0.39 is 38.7 Å². The summed E-state index contributed by atoms with van der Waals surface area (Å²) in [6.07, 6.45) is -3.96. The van der Waals surface area contributed by atoms with E-state index in [2.05, 4.69) is 5.32 Å². The fourth-order valence-corrected chi connectivity index (χ4v) is 4.36. The summed E-state index contributed by atoms with van der Waals surface area (Å²) in [5.41, 5.74) is 0.736. The van der Waals surface area contributed by atoms with Gasteiger partial charge in [-0.3, -0.25) is 9.10 Å². The molecule has 5 nitrogen and oxygen atoms in total. The summed E-state index contributed by atoms with van der Waals surface area (Å²) in [6.45, 7) is 4.96. The first-order valence-electron chi connectivity index (χ1n) is 8.45. The standard InChI is InChI=1S/C19H20ClF3N2O3S/c1-11-7-12(2)9-14(8-11)24-18(26)13(3)25(29(4,27)28)15-5-6-17(20)16(10-15)19(21,22)23/h5-10,13H,1-4H3,(H,24,26)/t13-/m1/s1. The van der Waals surface area contributed by atoms with Crippen LogP contribution in [0, 0.1) is 13.8 Å². The lowest BCUT2D eigenvalue weighted by atomic mass is 10.1. The van der Waals surface area contributed by atoms with Crippen LogP contribution in [0.5, 0.6) is 0 Å². The van der Waals surface area contributed by atoms with Crippen molar-refractivity contribution < 1.29 is 26.4 Å². The normalized spacial score (nSPS) is 13.1. The van der Waals surface area contributed by atoms with E-state index in [1.807, 2.05) is 19.9 Å². The maximum atomic E-state index is 13.2. The van der Waals surface area contributed by atoms with E-state index >= 15 is 0 Å². The highest BCUT2D eigenvalue weighted by atomic mass is 35.5. The topological polar surface area (TPSA) is 66.5 Å². The van der Waals surface area contributed by atoms with Crippen LogP contribution in [-0.2, 0) is 21.0 Å². The Labute approximate surface area is 172 Å². The number of alkyl halides is 3. The quantitative estimate of drug-likeness (QED) is 0.716. The minimum atomic E-state index is -4.78. The molecule has 0 heterocycles. The van der Waals surface area contributed by atoms with Gasteiger partial charge in [0.1, 0.15) is 6.04 Å². The number of nitrogens with zero attached hydrogens (tertiary/aromatic N) is 1. The van der Waals surface area contributed by atoms with Crippen LogP contribution in [0.15, 0.2) is 36.4 Å². The average Bonchev–Trinajstić information content (AvgIpc) is 2.53. The molecule has 2 aromatic carbocycles. The minimum absolute atomic E-state index is 0.313. The van der Waals surface area contributed by atoms with Crippen LogP contribution in [0.25, 0.3) is 0 Å². The number of rotatable bonds is 5. The molecule has 0 aliphatic heterocycles. The predicted molar refractivity (Wildman–Crippen MR) is 108 cm³/mol. The highest BCUT2D eigenvalue weighted by molar-refractivity contribution is 7.92. The first kappa shape index (κ1) is 23.0. The summed E-state index contributed by atoms with van der Waals surface area (Å²) >= 11 is 5.61. The van der Waals surface area contributed by atoms with E-state index in [1.54, 1.807) is 12.1 Å². The third kappa shape index (κ3) is 5.63.